The van der Waals surface area contributed by atoms with Crippen LogP contribution in [0.15, 0.2) is 33.2 Å². The summed E-state index contributed by atoms with van der Waals surface area (Å²) in [6.07, 6.45) is 0.922. The number of benzene rings is 1. The van der Waals surface area contributed by atoms with Crippen LogP contribution in [0.1, 0.15) is 29.9 Å². The molecule has 0 aliphatic carbocycles. The Kier molecular flexibility index (Phi) is 5.41. The SMILES string of the molecule is CCn1nc(C)cc1CC(NC)c1ccc(Br)cc1Br. The Labute approximate surface area is 137 Å². The average Bonchev–Trinajstić information content (AvgIpc) is 2.76. The van der Waals surface area contributed by atoms with E-state index >= 15 is 0 Å². The molecule has 2 rings (SSSR count). The van der Waals surface area contributed by atoms with Crippen LogP contribution in [0.3, 0.4) is 0 Å². The molecule has 1 aromatic carbocycles. The molecule has 3 nitrogen and oxygen atoms in total. The van der Waals surface area contributed by atoms with E-state index in [4.69, 9.17) is 0 Å². The Bertz CT molecular complexity index is 593. The molecule has 0 aliphatic rings. The number of hydrogen-bond donors (Lipinski definition) is 1. The van der Waals surface area contributed by atoms with Gasteiger partial charge >= 0.3 is 0 Å². The normalized spacial score (nSPS) is 12.7. The Balaban J connectivity index is 2.28. The van der Waals surface area contributed by atoms with Crippen molar-refractivity contribution in [2.45, 2.75) is 32.9 Å². The van der Waals surface area contributed by atoms with Gasteiger partial charge in [-0.1, -0.05) is 37.9 Å². The number of halogens is 2. The van der Waals surface area contributed by atoms with Crippen molar-refractivity contribution in [1.29, 1.82) is 0 Å². The van der Waals surface area contributed by atoms with Crippen LogP contribution in [0, 0.1) is 6.92 Å². The number of likely N-dealkylation sites (N-methyl/N-ethyl adjacent to an activating group) is 1. The van der Waals surface area contributed by atoms with Crippen molar-refractivity contribution in [3.8, 4) is 0 Å². The first kappa shape index (κ1) is 15.7. The molecule has 1 N–H and O–H groups in total. The summed E-state index contributed by atoms with van der Waals surface area (Å²) in [5.41, 5.74) is 3.60. The van der Waals surface area contributed by atoms with E-state index < -0.39 is 0 Å². The fraction of sp³-hybridized carbons (Fsp3) is 0.400. The van der Waals surface area contributed by atoms with Gasteiger partial charge in [-0.15, -0.1) is 0 Å². The van der Waals surface area contributed by atoms with Crippen LogP contribution in [-0.4, -0.2) is 16.8 Å². The number of aromatic nitrogens is 2. The van der Waals surface area contributed by atoms with E-state index in [1.165, 1.54) is 11.3 Å². The van der Waals surface area contributed by atoms with E-state index in [0.29, 0.717) is 0 Å². The number of rotatable bonds is 5. The Hall–Kier alpha value is -0.650. The highest BCUT2D eigenvalue weighted by Crippen LogP contribution is 2.29. The van der Waals surface area contributed by atoms with Gasteiger partial charge in [0, 0.05) is 33.6 Å². The molecule has 0 fully saturated rings. The molecule has 0 saturated heterocycles. The van der Waals surface area contributed by atoms with Crippen LogP contribution in [0.25, 0.3) is 0 Å². The predicted molar refractivity (Wildman–Crippen MR) is 90.0 cm³/mol. The zero-order chi connectivity index (χ0) is 14.7. The van der Waals surface area contributed by atoms with Gasteiger partial charge in [-0.3, -0.25) is 4.68 Å². The van der Waals surface area contributed by atoms with Crippen molar-refractivity contribution in [3.05, 3.63) is 50.2 Å². The highest BCUT2D eigenvalue weighted by atomic mass is 79.9. The number of hydrogen-bond acceptors (Lipinski definition) is 2. The fourth-order valence-corrected chi connectivity index (χ4v) is 3.72. The molecule has 0 saturated carbocycles. The summed E-state index contributed by atoms with van der Waals surface area (Å²) in [6, 6.07) is 8.74. The Morgan fingerprint density at radius 1 is 1.30 bits per heavy atom. The summed E-state index contributed by atoms with van der Waals surface area (Å²) >= 11 is 7.15. The second-order valence-electron chi connectivity index (χ2n) is 4.80. The van der Waals surface area contributed by atoms with Gasteiger partial charge in [0.2, 0.25) is 0 Å². The highest BCUT2D eigenvalue weighted by Gasteiger charge is 2.16. The van der Waals surface area contributed by atoms with Crippen molar-refractivity contribution in [2.75, 3.05) is 7.05 Å². The molecule has 0 amide bonds. The summed E-state index contributed by atoms with van der Waals surface area (Å²) in [7, 11) is 2.00. The molecule has 0 aliphatic heterocycles. The maximum absolute atomic E-state index is 4.52. The lowest BCUT2D eigenvalue weighted by Crippen LogP contribution is -2.21. The molecule has 1 aromatic heterocycles. The third kappa shape index (κ3) is 3.51. The zero-order valence-electron chi connectivity index (χ0n) is 12.0. The molecule has 1 atom stereocenters. The smallest absolute Gasteiger partial charge is 0.0596 e. The summed E-state index contributed by atoms with van der Waals surface area (Å²) in [5, 5.41) is 7.92. The van der Waals surface area contributed by atoms with Gasteiger partial charge in [0.1, 0.15) is 0 Å². The second-order valence-corrected chi connectivity index (χ2v) is 6.57. The highest BCUT2D eigenvalue weighted by molar-refractivity contribution is 9.11. The van der Waals surface area contributed by atoms with E-state index in [1.54, 1.807) is 0 Å². The standard InChI is InChI=1S/C15H19Br2N3/c1-4-20-12(7-10(2)19-20)9-15(18-3)13-6-5-11(16)8-14(13)17/h5-8,15,18H,4,9H2,1-3H3. The topological polar surface area (TPSA) is 29.9 Å². The number of nitrogens with zero attached hydrogens (tertiary/aromatic N) is 2. The van der Waals surface area contributed by atoms with E-state index in [9.17, 15) is 0 Å². The van der Waals surface area contributed by atoms with Crippen molar-refractivity contribution >= 4 is 31.9 Å². The molecule has 2 aromatic rings. The molecule has 0 bridgehead atoms. The summed E-state index contributed by atoms with van der Waals surface area (Å²) in [5.74, 6) is 0. The minimum absolute atomic E-state index is 0.263. The third-order valence-corrected chi connectivity index (χ3v) is 4.56. The van der Waals surface area contributed by atoms with Crippen LogP contribution in [0.2, 0.25) is 0 Å². The second kappa shape index (κ2) is 6.87. The van der Waals surface area contributed by atoms with Gasteiger partial charge < -0.3 is 5.32 Å². The fourth-order valence-electron chi connectivity index (χ4n) is 2.40. The lowest BCUT2D eigenvalue weighted by atomic mass is 10.0. The van der Waals surface area contributed by atoms with Gasteiger partial charge in [-0.2, -0.15) is 5.10 Å². The van der Waals surface area contributed by atoms with Crippen LogP contribution >= 0.6 is 31.9 Å². The maximum Gasteiger partial charge on any atom is 0.0596 e. The van der Waals surface area contributed by atoms with E-state index in [0.717, 1.165) is 27.6 Å². The number of aryl methyl sites for hydroxylation is 2. The van der Waals surface area contributed by atoms with Gasteiger partial charge in [-0.25, -0.2) is 0 Å². The van der Waals surface area contributed by atoms with Crippen LogP contribution < -0.4 is 5.32 Å². The van der Waals surface area contributed by atoms with Crippen molar-refractivity contribution < 1.29 is 0 Å². The minimum atomic E-state index is 0.263. The molecule has 5 heteroatoms. The maximum atomic E-state index is 4.52. The van der Waals surface area contributed by atoms with Crippen molar-refractivity contribution in [3.63, 3.8) is 0 Å². The van der Waals surface area contributed by atoms with Crippen LogP contribution in [0.4, 0.5) is 0 Å². The predicted octanol–water partition coefficient (Wildman–Crippen LogP) is 4.24. The van der Waals surface area contributed by atoms with Crippen molar-refractivity contribution in [1.82, 2.24) is 15.1 Å². The molecular formula is C15H19Br2N3. The lowest BCUT2D eigenvalue weighted by molar-refractivity contribution is 0.539. The van der Waals surface area contributed by atoms with Gasteiger partial charge in [0.25, 0.3) is 0 Å². The molecule has 0 radical (unpaired) electrons. The van der Waals surface area contributed by atoms with E-state index in [-0.39, 0.29) is 6.04 Å². The van der Waals surface area contributed by atoms with Gasteiger partial charge in [-0.05, 0) is 44.7 Å². The van der Waals surface area contributed by atoms with Crippen LogP contribution in [0.5, 0.6) is 0 Å². The molecule has 20 heavy (non-hydrogen) atoms. The average molecular weight is 401 g/mol. The number of nitrogens with one attached hydrogen (secondary N) is 1. The van der Waals surface area contributed by atoms with Crippen LogP contribution in [-0.2, 0) is 13.0 Å². The lowest BCUT2D eigenvalue weighted by Gasteiger charge is -2.19. The molecule has 0 spiro atoms. The first-order valence-corrected chi connectivity index (χ1v) is 8.29. The Morgan fingerprint density at radius 2 is 2.05 bits per heavy atom. The molecule has 108 valence electrons. The monoisotopic (exact) mass is 399 g/mol. The largest absolute Gasteiger partial charge is 0.313 e. The van der Waals surface area contributed by atoms with Gasteiger partial charge in [0.05, 0.1) is 5.69 Å². The van der Waals surface area contributed by atoms with Gasteiger partial charge in [0.15, 0.2) is 0 Å². The summed E-state index contributed by atoms with van der Waals surface area (Å²) in [6.45, 7) is 5.07. The zero-order valence-corrected chi connectivity index (χ0v) is 15.1. The minimum Gasteiger partial charge on any atom is -0.313 e. The molecule has 1 heterocycles. The first-order valence-electron chi connectivity index (χ1n) is 6.70. The summed E-state index contributed by atoms with van der Waals surface area (Å²) < 4.78 is 4.27. The van der Waals surface area contributed by atoms with Crippen molar-refractivity contribution in [2.24, 2.45) is 0 Å². The summed E-state index contributed by atoms with van der Waals surface area (Å²) in [4.78, 5) is 0. The third-order valence-electron chi connectivity index (χ3n) is 3.38. The molecule has 1 unspecified atom stereocenters. The Morgan fingerprint density at radius 3 is 2.65 bits per heavy atom. The van der Waals surface area contributed by atoms with E-state index in [2.05, 4.69) is 78.1 Å². The quantitative estimate of drug-likeness (QED) is 0.813. The first-order chi connectivity index (χ1) is 9.55. The van der Waals surface area contributed by atoms with E-state index in [1.807, 2.05) is 14.0 Å². The molecular weight excluding hydrogens is 382 g/mol.